The fourth-order valence-corrected chi connectivity index (χ4v) is 2.37. The van der Waals surface area contributed by atoms with Gasteiger partial charge in [0.2, 0.25) is 0 Å². The molecule has 4 nitrogen and oxygen atoms in total. The van der Waals surface area contributed by atoms with Crippen LogP contribution in [0.4, 0.5) is 0 Å². The van der Waals surface area contributed by atoms with Gasteiger partial charge in [-0.2, -0.15) is 0 Å². The molecule has 0 aliphatic rings. The number of nitrogens with one attached hydrogen (secondary N) is 1. The molecule has 2 rings (SSSR count). The zero-order valence-corrected chi connectivity index (χ0v) is 13.8. The Morgan fingerprint density at radius 3 is 2.52 bits per heavy atom. The van der Waals surface area contributed by atoms with Crippen molar-refractivity contribution in [2.45, 2.75) is 26.3 Å². The number of hydrogen-bond donors (Lipinski definition) is 1. The Morgan fingerprint density at radius 1 is 1.13 bits per heavy atom. The average Bonchev–Trinajstić information content (AvgIpc) is 2.56. The second-order valence-corrected chi connectivity index (χ2v) is 5.39. The normalized spacial score (nSPS) is 11.6. The molecule has 0 radical (unpaired) electrons. The molecule has 0 unspecified atom stereocenters. The van der Waals surface area contributed by atoms with Gasteiger partial charge < -0.3 is 14.8 Å². The Morgan fingerprint density at radius 2 is 1.87 bits per heavy atom. The van der Waals surface area contributed by atoms with Crippen LogP contribution in [0.3, 0.4) is 0 Å². The highest BCUT2D eigenvalue weighted by Gasteiger charge is 2.11. The molecule has 0 spiro atoms. The fourth-order valence-electron chi connectivity index (χ4n) is 2.37. The molecule has 23 heavy (non-hydrogen) atoms. The Kier molecular flexibility index (Phi) is 6.03. The van der Waals surface area contributed by atoms with Crippen LogP contribution < -0.4 is 14.8 Å². The summed E-state index contributed by atoms with van der Waals surface area (Å²) in [6.45, 7) is 4.50. The van der Waals surface area contributed by atoms with Gasteiger partial charge in [-0.3, -0.25) is 4.79 Å². The van der Waals surface area contributed by atoms with Crippen LogP contribution in [0, 0.1) is 0 Å². The van der Waals surface area contributed by atoms with Crippen molar-refractivity contribution in [1.29, 1.82) is 0 Å². The molecule has 2 aromatic rings. The van der Waals surface area contributed by atoms with Crippen molar-refractivity contribution in [3.63, 3.8) is 0 Å². The molecule has 0 aliphatic heterocycles. The fraction of sp³-hybridized carbons (Fsp3) is 0.316. The average molecular weight is 313 g/mol. The SMILES string of the molecule is CCOc1cccc(C(=O)N[C@@H](C)Cc2ccc(OC)cc2)c1. The molecule has 1 atom stereocenters. The molecule has 0 aromatic heterocycles. The lowest BCUT2D eigenvalue weighted by molar-refractivity contribution is 0.0939. The van der Waals surface area contributed by atoms with Crippen LogP contribution >= 0.6 is 0 Å². The number of carbonyl (C=O) groups is 1. The van der Waals surface area contributed by atoms with Crippen LogP contribution in [0.25, 0.3) is 0 Å². The van der Waals surface area contributed by atoms with E-state index in [2.05, 4.69) is 5.32 Å². The first-order valence-corrected chi connectivity index (χ1v) is 7.79. The number of rotatable bonds is 7. The van der Waals surface area contributed by atoms with Gasteiger partial charge in [-0.25, -0.2) is 0 Å². The predicted octanol–water partition coefficient (Wildman–Crippen LogP) is 3.45. The van der Waals surface area contributed by atoms with Gasteiger partial charge in [-0.15, -0.1) is 0 Å². The highest BCUT2D eigenvalue weighted by Crippen LogP contribution is 2.15. The van der Waals surface area contributed by atoms with Crippen molar-refractivity contribution in [2.24, 2.45) is 0 Å². The van der Waals surface area contributed by atoms with Gasteiger partial charge in [0.1, 0.15) is 11.5 Å². The predicted molar refractivity (Wildman–Crippen MR) is 91.2 cm³/mol. The van der Waals surface area contributed by atoms with E-state index >= 15 is 0 Å². The first-order chi connectivity index (χ1) is 11.1. The summed E-state index contributed by atoms with van der Waals surface area (Å²) in [5.41, 5.74) is 1.76. The highest BCUT2D eigenvalue weighted by molar-refractivity contribution is 5.94. The molecule has 0 heterocycles. The van der Waals surface area contributed by atoms with Crippen LogP contribution in [-0.4, -0.2) is 25.7 Å². The van der Waals surface area contributed by atoms with Crippen molar-refractivity contribution in [3.05, 3.63) is 59.7 Å². The van der Waals surface area contributed by atoms with E-state index in [-0.39, 0.29) is 11.9 Å². The Labute approximate surface area is 137 Å². The van der Waals surface area contributed by atoms with Crippen LogP contribution in [0.1, 0.15) is 29.8 Å². The Hall–Kier alpha value is -2.49. The third-order valence-corrected chi connectivity index (χ3v) is 3.49. The monoisotopic (exact) mass is 313 g/mol. The molecule has 4 heteroatoms. The zero-order chi connectivity index (χ0) is 16.7. The van der Waals surface area contributed by atoms with Gasteiger partial charge in [0.15, 0.2) is 0 Å². The molecule has 1 N–H and O–H groups in total. The van der Waals surface area contributed by atoms with E-state index in [1.165, 1.54) is 0 Å². The third kappa shape index (κ3) is 5.02. The number of methoxy groups -OCH3 is 1. The van der Waals surface area contributed by atoms with Crippen molar-refractivity contribution in [2.75, 3.05) is 13.7 Å². The quantitative estimate of drug-likeness (QED) is 0.851. The van der Waals surface area contributed by atoms with Gasteiger partial charge in [0.05, 0.1) is 13.7 Å². The maximum atomic E-state index is 12.3. The van der Waals surface area contributed by atoms with Gasteiger partial charge >= 0.3 is 0 Å². The van der Waals surface area contributed by atoms with E-state index in [4.69, 9.17) is 9.47 Å². The Balaban J connectivity index is 1.94. The second-order valence-electron chi connectivity index (χ2n) is 5.39. The lowest BCUT2D eigenvalue weighted by atomic mass is 10.1. The summed E-state index contributed by atoms with van der Waals surface area (Å²) < 4.78 is 10.6. The van der Waals surface area contributed by atoms with Crippen LogP contribution in [0.2, 0.25) is 0 Å². The Bertz CT molecular complexity index is 637. The van der Waals surface area contributed by atoms with Crippen LogP contribution in [0.5, 0.6) is 11.5 Å². The van der Waals surface area contributed by atoms with Crippen molar-refractivity contribution in [1.82, 2.24) is 5.32 Å². The molecule has 0 bridgehead atoms. The first kappa shape index (κ1) is 16.9. The summed E-state index contributed by atoms with van der Waals surface area (Å²) in [5, 5.41) is 3.02. The summed E-state index contributed by atoms with van der Waals surface area (Å²) >= 11 is 0. The summed E-state index contributed by atoms with van der Waals surface area (Å²) in [4.78, 5) is 12.3. The molecule has 122 valence electrons. The van der Waals surface area contributed by atoms with Crippen molar-refractivity contribution >= 4 is 5.91 Å². The highest BCUT2D eigenvalue weighted by atomic mass is 16.5. The molecule has 1 amide bonds. The smallest absolute Gasteiger partial charge is 0.251 e. The zero-order valence-electron chi connectivity index (χ0n) is 13.8. The maximum Gasteiger partial charge on any atom is 0.251 e. The van der Waals surface area contributed by atoms with Crippen molar-refractivity contribution < 1.29 is 14.3 Å². The summed E-state index contributed by atoms with van der Waals surface area (Å²) in [5.74, 6) is 1.45. The largest absolute Gasteiger partial charge is 0.497 e. The molecule has 0 aliphatic carbocycles. The minimum Gasteiger partial charge on any atom is -0.497 e. The number of amides is 1. The molecule has 0 saturated carbocycles. The first-order valence-electron chi connectivity index (χ1n) is 7.79. The second kappa shape index (κ2) is 8.22. The van der Waals surface area contributed by atoms with E-state index < -0.39 is 0 Å². The number of benzene rings is 2. The summed E-state index contributed by atoms with van der Waals surface area (Å²) in [6.07, 6.45) is 0.765. The van der Waals surface area contributed by atoms with Gasteiger partial charge in [0.25, 0.3) is 5.91 Å². The number of carbonyl (C=O) groups excluding carboxylic acids is 1. The van der Waals surface area contributed by atoms with E-state index in [1.54, 1.807) is 19.2 Å². The van der Waals surface area contributed by atoms with Crippen LogP contribution in [0.15, 0.2) is 48.5 Å². The van der Waals surface area contributed by atoms with Crippen molar-refractivity contribution in [3.8, 4) is 11.5 Å². The topological polar surface area (TPSA) is 47.6 Å². The summed E-state index contributed by atoms with van der Waals surface area (Å²) in [7, 11) is 1.65. The van der Waals surface area contributed by atoms with Gasteiger partial charge in [0, 0.05) is 11.6 Å². The van der Waals surface area contributed by atoms with Crippen LogP contribution in [-0.2, 0) is 6.42 Å². The molecule has 0 saturated heterocycles. The van der Waals surface area contributed by atoms with E-state index in [9.17, 15) is 4.79 Å². The minimum atomic E-state index is -0.0902. The summed E-state index contributed by atoms with van der Waals surface area (Å²) in [6, 6.07) is 15.1. The molecule has 2 aromatic carbocycles. The van der Waals surface area contributed by atoms with E-state index in [0.717, 1.165) is 17.7 Å². The maximum absolute atomic E-state index is 12.3. The molecule has 0 fully saturated rings. The van der Waals surface area contributed by atoms with Gasteiger partial charge in [-0.05, 0) is 56.2 Å². The lowest BCUT2D eigenvalue weighted by Gasteiger charge is -2.15. The number of hydrogen-bond acceptors (Lipinski definition) is 3. The standard InChI is InChI=1S/C19H23NO3/c1-4-23-18-7-5-6-16(13-18)19(21)20-14(2)12-15-8-10-17(22-3)11-9-15/h5-11,13-14H,4,12H2,1-3H3,(H,20,21)/t14-/m0/s1. The number of ether oxygens (including phenoxy) is 2. The van der Waals surface area contributed by atoms with E-state index in [1.807, 2.05) is 50.2 Å². The van der Waals surface area contributed by atoms with E-state index in [0.29, 0.717) is 17.9 Å². The molecular formula is C19H23NO3. The molecular weight excluding hydrogens is 290 g/mol. The lowest BCUT2D eigenvalue weighted by Crippen LogP contribution is -2.34. The van der Waals surface area contributed by atoms with Gasteiger partial charge in [-0.1, -0.05) is 18.2 Å². The minimum absolute atomic E-state index is 0.0339. The third-order valence-electron chi connectivity index (χ3n) is 3.49.